The molecule has 130 valence electrons. The number of nitrogens with one attached hydrogen (secondary N) is 2. The maximum absolute atomic E-state index is 5.96. The molecule has 1 aromatic heterocycles. The minimum absolute atomic E-state index is 0. The zero-order valence-electron chi connectivity index (χ0n) is 13.6. The number of halogens is 2. The lowest BCUT2D eigenvalue weighted by Crippen LogP contribution is -2.44. The van der Waals surface area contributed by atoms with E-state index in [9.17, 15) is 0 Å². The summed E-state index contributed by atoms with van der Waals surface area (Å²) in [4.78, 5) is 8.24. The Kier molecular flexibility index (Phi) is 7.91. The third-order valence-electron chi connectivity index (χ3n) is 4.68. The van der Waals surface area contributed by atoms with Gasteiger partial charge in [-0.05, 0) is 31.4 Å². The van der Waals surface area contributed by atoms with E-state index in [-0.39, 0.29) is 24.0 Å². The van der Waals surface area contributed by atoms with E-state index < -0.39 is 0 Å². The summed E-state index contributed by atoms with van der Waals surface area (Å²) in [5.74, 6) is 0.891. The molecule has 0 radical (unpaired) electrons. The van der Waals surface area contributed by atoms with Crippen LogP contribution in [0.25, 0.3) is 0 Å². The SMILES string of the molecule is CN=C(NCc1ccc(Cl)s1)NC1CCN(C2CCCC2)C1.I. The van der Waals surface area contributed by atoms with E-state index in [0.29, 0.717) is 6.04 Å². The van der Waals surface area contributed by atoms with Crippen LogP contribution in [-0.4, -0.2) is 43.1 Å². The molecule has 1 saturated carbocycles. The molecule has 2 N–H and O–H groups in total. The molecule has 23 heavy (non-hydrogen) atoms. The smallest absolute Gasteiger partial charge is 0.191 e. The van der Waals surface area contributed by atoms with E-state index >= 15 is 0 Å². The normalized spacial score (nSPS) is 23.0. The van der Waals surface area contributed by atoms with Crippen molar-refractivity contribution < 1.29 is 0 Å². The number of thiophene rings is 1. The van der Waals surface area contributed by atoms with Gasteiger partial charge in [0.05, 0.1) is 10.9 Å². The minimum Gasteiger partial charge on any atom is -0.352 e. The highest BCUT2D eigenvalue weighted by molar-refractivity contribution is 14.0. The third kappa shape index (κ3) is 5.47. The zero-order chi connectivity index (χ0) is 15.4. The molecule has 1 atom stereocenters. The second-order valence-electron chi connectivity index (χ2n) is 6.19. The lowest BCUT2D eigenvalue weighted by atomic mass is 10.2. The lowest BCUT2D eigenvalue weighted by molar-refractivity contribution is 0.242. The standard InChI is InChI=1S/C16H25ClN4S.HI/c1-18-16(19-10-14-6-7-15(17)22-14)20-12-8-9-21(11-12)13-4-2-3-5-13;/h6-7,12-13H,2-5,8-11H2,1H3,(H2,18,19,20);1H. The molecule has 0 bridgehead atoms. The molecule has 1 aliphatic heterocycles. The van der Waals surface area contributed by atoms with Crippen LogP contribution in [0.2, 0.25) is 4.34 Å². The first-order chi connectivity index (χ1) is 10.7. The minimum atomic E-state index is 0. The van der Waals surface area contributed by atoms with Crippen molar-refractivity contribution in [3.63, 3.8) is 0 Å². The molecule has 0 aromatic carbocycles. The van der Waals surface area contributed by atoms with Gasteiger partial charge in [-0.2, -0.15) is 0 Å². The summed E-state index contributed by atoms with van der Waals surface area (Å²) in [6.45, 7) is 3.15. The van der Waals surface area contributed by atoms with Gasteiger partial charge < -0.3 is 10.6 Å². The number of hydrogen-bond donors (Lipinski definition) is 2. The summed E-state index contributed by atoms with van der Waals surface area (Å²) in [6.07, 6.45) is 6.80. The highest BCUT2D eigenvalue weighted by atomic mass is 127. The summed E-state index contributed by atoms with van der Waals surface area (Å²) < 4.78 is 0.836. The van der Waals surface area contributed by atoms with E-state index in [4.69, 9.17) is 11.6 Å². The molecule has 2 heterocycles. The first-order valence-electron chi connectivity index (χ1n) is 8.20. The molecule has 0 amide bonds. The van der Waals surface area contributed by atoms with Crippen LogP contribution in [-0.2, 0) is 6.54 Å². The average molecular weight is 469 g/mol. The topological polar surface area (TPSA) is 39.7 Å². The Bertz CT molecular complexity index is 516. The largest absolute Gasteiger partial charge is 0.352 e. The van der Waals surface area contributed by atoms with Crippen molar-refractivity contribution >= 4 is 52.9 Å². The molecule has 0 spiro atoms. The summed E-state index contributed by atoms with van der Waals surface area (Å²) in [7, 11) is 1.83. The quantitative estimate of drug-likeness (QED) is 0.402. The molecule has 3 rings (SSSR count). The van der Waals surface area contributed by atoms with Crippen LogP contribution in [0.1, 0.15) is 37.0 Å². The Morgan fingerprint density at radius 3 is 2.78 bits per heavy atom. The first kappa shape index (κ1) is 19.3. The van der Waals surface area contributed by atoms with Crippen molar-refractivity contribution in [2.45, 2.75) is 50.7 Å². The molecule has 1 aliphatic carbocycles. The Labute approximate surface area is 165 Å². The Hall–Kier alpha value is -0.0500. The second-order valence-corrected chi connectivity index (χ2v) is 7.99. The fourth-order valence-corrected chi connectivity index (χ4v) is 4.54. The van der Waals surface area contributed by atoms with Gasteiger partial charge in [0.25, 0.3) is 0 Å². The van der Waals surface area contributed by atoms with Gasteiger partial charge in [-0.3, -0.25) is 9.89 Å². The summed E-state index contributed by atoms with van der Waals surface area (Å²) in [5, 5.41) is 6.95. The molecule has 1 unspecified atom stereocenters. The number of guanidine groups is 1. The number of aliphatic imine (C=N–C) groups is 1. The Morgan fingerprint density at radius 2 is 2.13 bits per heavy atom. The first-order valence-corrected chi connectivity index (χ1v) is 9.39. The number of nitrogens with zero attached hydrogens (tertiary/aromatic N) is 2. The van der Waals surface area contributed by atoms with Crippen molar-refractivity contribution in [3.8, 4) is 0 Å². The number of hydrogen-bond acceptors (Lipinski definition) is 3. The van der Waals surface area contributed by atoms with Crippen LogP contribution in [0, 0.1) is 0 Å². The van der Waals surface area contributed by atoms with Crippen LogP contribution in [0.15, 0.2) is 17.1 Å². The van der Waals surface area contributed by atoms with Crippen molar-refractivity contribution in [1.82, 2.24) is 15.5 Å². The zero-order valence-corrected chi connectivity index (χ0v) is 17.5. The van der Waals surface area contributed by atoms with Crippen LogP contribution >= 0.6 is 46.9 Å². The van der Waals surface area contributed by atoms with Gasteiger partial charge in [0, 0.05) is 37.1 Å². The molecule has 1 saturated heterocycles. The van der Waals surface area contributed by atoms with E-state index in [1.807, 2.05) is 13.1 Å². The van der Waals surface area contributed by atoms with Gasteiger partial charge in [0.1, 0.15) is 0 Å². The van der Waals surface area contributed by atoms with E-state index in [1.165, 1.54) is 43.5 Å². The van der Waals surface area contributed by atoms with Gasteiger partial charge in [0.2, 0.25) is 0 Å². The predicted octanol–water partition coefficient (Wildman–Crippen LogP) is 3.70. The van der Waals surface area contributed by atoms with Gasteiger partial charge in [0.15, 0.2) is 5.96 Å². The van der Waals surface area contributed by atoms with Crippen molar-refractivity contribution in [3.05, 3.63) is 21.3 Å². The maximum Gasteiger partial charge on any atom is 0.191 e. The number of likely N-dealkylation sites (tertiary alicyclic amines) is 1. The molecule has 7 heteroatoms. The summed E-state index contributed by atoms with van der Waals surface area (Å²) in [6, 6.07) is 5.34. The highest BCUT2D eigenvalue weighted by Crippen LogP contribution is 2.26. The van der Waals surface area contributed by atoms with Crippen LogP contribution < -0.4 is 10.6 Å². The fourth-order valence-electron chi connectivity index (χ4n) is 3.51. The van der Waals surface area contributed by atoms with Crippen molar-refractivity contribution in [2.24, 2.45) is 4.99 Å². The van der Waals surface area contributed by atoms with Crippen LogP contribution in [0.3, 0.4) is 0 Å². The highest BCUT2D eigenvalue weighted by Gasteiger charge is 2.30. The van der Waals surface area contributed by atoms with Crippen molar-refractivity contribution in [1.29, 1.82) is 0 Å². The van der Waals surface area contributed by atoms with Crippen LogP contribution in [0.5, 0.6) is 0 Å². The van der Waals surface area contributed by atoms with E-state index in [1.54, 1.807) is 11.3 Å². The van der Waals surface area contributed by atoms with E-state index in [0.717, 1.165) is 29.4 Å². The van der Waals surface area contributed by atoms with E-state index in [2.05, 4.69) is 26.6 Å². The monoisotopic (exact) mass is 468 g/mol. The molecular formula is C16H26ClIN4S. The molecule has 2 aliphatic rings. The predicted molar refractivity (Wildman–Crippen MR) is 110 cm³/mol. The molecule has 1 aromatic rings. The lowest BCUT2D eigenvalue weighted by Gasteiger charge is -2.24. The third-order valence-corrected chi connectivity index (χ3v) is 5.92. The number of rotatable bonds is 4. The van der Waals surface area contributed by atoms with Crippen LogP contribution in [0.4, 0.5) is 0 Å². The molecule has 2 fully saturated rings. The molecule has 4 nitrogen and oxygen atoms in total. The molecular weight excluding hydrogens is 443 g/mol. The maximum atomic E-state index is 5.96. The van der Waals surface area contributed by atoms with Gasteiger partial charge in [-0.15, -0.1) is 35.3 Å². The van der Waals surface area contributed by atoms with Gasteiger partial charge in [-0.25, -0.2) is 0 Å². The Balaban J connectivity index is 0.00000192. The Morgan fingerprint density at radius 1 is 1.35 bits per heavy atom. The fraction of sp³-hybridized carbons (Fsp3) is 0.688. The second kappa shape index (κ2) is 9.44. The summed E-state index contributed by atoms with van der Waals surface area (Å²) >= 11 is 7.58. The van der Waals surface area contributed by atoms with Gasteiger partial charge in [-0.1, -0.05) is 24.4 Å². The average Bonchev–Trinajstić information content (AvgIpc) is 3.24. The van der Waals surface area contributed by atoms with Crippen molar-refractivity contribution in [2.75, 3.05) is 20.1 Å². The van der Waals surface area contributed by atoms with Gasteiger partial charge >= 0.3 is 0 Å². The summed E-state index contributed by atoms with van der Waals surface area (Å²) in [5.41, 5.74) is 0.